The highest BCUT2D eigenvalue weighted by molar-refractivity contribution is 5.45. The Morgan fingerprint density at radius 3 is 3.11 bits per heavy atom. The normalized spacial score (nSPS) is 17.5. The molecule has 0 fully saturated rings. The lowest BCUT2D eigenvalue weighted by Gasteiger charge is -2.12. The lowest BCUT2D eigenvalue weighted by Crippen LogP contribution is -2.12. The van der Waals surface area contributed by atoms with Crippen molar-refractivity contribution in [1.82, 2.24) is 20.1 Å². The molecule has 0 bridgehead atoms. The van der Waals surface area contributed by atoms with Gasteiger partial charge in [-0.2, -0.15) is 5.10 Å². The number of aryl methyl sites for hydroxylation is 1. The van der Waals surface area contributed by atoms with Crippen LogP contribution < -0.4 is 10.1 Å². The highest BCUT2D eigenvalue weighted by Gasteiger charge is 2.23. The molecule has 1 heterocycles. The molecule has 0 saturated carbocycles. The summed E-state index contributed by atoms with van der Waals surface area (Å²) >= 11 is 0. The molecule has 1 atom stereocenters. The maximum Gasteiger partial charge on any atom is 0.164 e. The molecule has 3 rings (SSSR count). The van der Waals surface area contributed by atoms with Crippen LogP contribution in [0.3, 0.4) is 0 Å². The van der Waals surface area contributed by atoms with Crippen molar-refractivity contribution in [2.24, 2.45) is 7.05 Å². The molecule has 0 spiro atoms. The fourth-order valence-electron chi connectivity index (χ4n) is 2.65. The fourth-order valence-corrected chi connectivity index (χ4v) is 2.65. The zero-order chi connectivity index (χ0) is 13.2. The van der Waals surface area contributed by atoms with Crippen LogP contribution in [0.25, 0.3) is 0 Å². The summed E-state index contributed by atoms with van der Waals surface area (Å²) in [5, 5.41) is 7.39. The third-order valence-electron chi connectivity index (χ3n) is 3.74. The van der Waals surface area contributed by atoms with Gasteiger partial charge in [0.05, 0.1) is 0 Å². The Balaban J connectivity index is 1.79. The monoisotopic (exact) mass is 258 g/mol. The first-order valence-electron chi connectivity index (χ1n) is 6.54. The first-order valence-corrected chi connectivity index (χ1v) is 6.54. The lowest BCUT2D eigenvalue weighted by atomic mass is 10.1. The molecule has 1 aliphatic carbocycles. The molecule has 1 aromatic carbocycles. The van der Waals surface area contributed by atoms with Gasteiger partial charge < -0.3 is 10.1 Å². The van der Waals surface area contributed by atoms with Crippen molar-refractivity contribution < 1.29 is 4.74 Å². The van der Waals surface area contributed by atoms with Gasteiger partial charge >= 0.3 is 0 Å². The summed E-state index contributed by atoms with van der Waals surface area (Å²) in [4.78, 5) is 4.17. The Labute approximate surface area is 112 Å². The smallest absolute Gasteiger partial charge is 0.164 e. The van der Waals surface area contributed by atoms with Crippen LogP contribution in [0.1, 0.15) is 29.4 Å². The van der Waals surface area contributed by atoms with Crippen molar-refractivity contribution in [3.63, 3.8) is 0 Å². The van der Waals surface area contributed by atoms with Crippen molar-refractivity contribution in [2.75, 3.05) is 7.05 Å². The minimum atomic E-state index is 0.452. The molecule has 1 unspecified atom stereocenters. The second-order valence-corrected chi connectivity index (χ2v) is 4.79. The van der Waals surface area contributed by atoms with E-state index in [0.29, 0.717) is 12.6 Å². The zero-order valence-electron chi connectivity index (χ0n) is 11.3. The van der Waals surface area contributed by atoms with Crippen LogP contribution in [0.15, 0.2) is 24.5 Å². The number of ether oxygens (including phenoxy) is 1. The molecule has 2 aromatic rings. The maximum atomic E-state index is 5.92. The number of nitrogens with zero attached hydrogens (tertiary/aromatic N) is 3. The van der Waals surface area contributed by atoms with Crippen molar-refractivity contribution >= 4 is 0 Å². The summed E-state index contributed by atoms with van der Waals surface area (Å²) < 4.78 is 7.65. The summed E-state index contributed by atoms with van der Waals surface area (Å²) in [5.41, 5.74) is 2.68. The summed E-state index contributed by atoms with van der Waals surface area (Å²) in [6.45, 7) is 0.456. The molecule has 0 amide bonds. The predicted molar refractivity (Wildman–Crippen MR) is 71.9 cm³/mol. The molecule has 5 heteroatoms. The van der Waals surface area contributed by atoms with Crippen LogP contribution in [0.4, 0.5) is 0 Å². The molecule has 100 valence electrons. The Morgan fingerprint density at radius 2 is 2.37 bits per heavy atom. The van der Waals surface area contributed by atoms with Crippen molar-refractivity contribution in [3.8, 4) is 5.75 Å². The van der Waals surface area contributed by atoms with Gasteiger partial charge in [-0.15, -0.1) is 0 Å². The fraction of sp³-hybridized carbons (Fsp3) is 0.429. The van der Waals surface area contributed by atoms with Gasteiger partial charge in [-0.25, -0.2) is 4.98 Å². The molecule has 0 saturated heterocycles. The molecule has 1 N–H and O–H groups in total. The number of nitrogens with one attached hydrogen (secondary N) is 1. The van der Waals surface area contributed by atoms with Gasteiger partial charge in [-0.3, -0.25) is 4.68 Å². The second kappa shape index (κ2) is 5.01. The summed E-state index contributed by atoms with van der Waals surface area (Å²) in [7, 11) is 3.88. The molecule has 0 aliphatic heterocycles. The molecule has 0 radical (unpaired) electrons. The van der Waals surface area contributed by atoms with Gasteiger partial charge in [0.15, 0.2) is 5.82 Å². The number of benzene rings is 1. The number of hydrogen-bond donors (Lipinski definition) is 1. The highest BCUT2D eigenvalue weighted by Crippen LogP contribution is 2.36. The average Bonchev–Trinajstić information content (AvgIpc) is 3.02. The van der Waals surface area contributed by atoms with Crippen LogP contribution in [0, 0.1) is 0 Å². The quantitative estimate of drug-likeness (QED) is 0.905. The van der Waals surface area contributed by atoms with Crippen LogP contribution in [-0.4, -0.2) is 21.8 Å². The van der Waals surface area contributed by atoms with E-state index < -0.39 is 0 Å². The van der Waals surface area contributed by atoms with Crippen molar-refractivity contribution in [2.45, 2.75) is 25.5 Å². The molecule has 1 aliphatic rings. The van der Waals surface area contributed by atoms with Gasteiger partial charge in [0.1, 0.15) is 18.7 Å². The molecular formula is C14H18N4O. The first kappa shape index (κ1) is 12.2. The third-order valence-corrected chi connectivity index (χ3v) is 3.74. The van der Waals surface area contributed by atoms with Crippen LogP contribution in [0.2, 0.25) is 0 Å². The van der Waals surface area contributed by atoms with Gasteiger partial charge in [-0.1, -0.05) is 12.1 Å². The van der Waals surface area contributed by atoms with E-state index in [4.69, 9.17) is 4.74 Å². The summed E-state index contributed by atoms with van der Waals surface area (Å²) in [5.74, 6) is 1.80. The van der Waals surface area contributed by atoms with E-state index in [1.54, 1.807) is 11.0 Å². The number of fused-ring (bicyclic) bond motifs is 1. The zero-order valence-corrected chi connectivity index (χ0v) is 11.3. The standard InChI is InChI=1S/C14H18N4O/c1-15-12-7-6-11-10(12)4-3-5-13(11)19-8-14-16-9-17-18(14)2/h3-5,9,12,15H,6-8H2,1-2H3. The van der Waals surface area contributed by atoms with Crippen molar-refractivity contribution in [1.29, 1.82) is 0 Å². The van der Waals surface area contributed by atoms with E-state index in [1.165, 1.54) is 11.1 Å². The van der Waals surface area contributed by atoms with Crippen LogP contribution in [-0.2, 0) is 20.1 Å². The molecule has 19 heavy (non-hydrogen) atoms. The number of aromatic nitrogens is 3. The Kier molecular flexibility index (Phi) is 3.21. The molecular weight excluding hydrogens is 240 g/mol. The number of hydrogen-bond acceptors (Lipinski definition) is 4. The Morgan fingerprint density at radius 1 is 1.47 bits per heavy atom. The highest BCUT2D eigenvalue weighted by atomic mass is 16.5. The number of rotatable bonds is 4. The van der Waals surface area contributed by atoms with E-state index >= 15 is 0 Å². The Bertz CT molecular complexity index is 579. The Hall–Kier alpha value is -1.88. The molecule has 5 nitrogen and oxygen atoms in total. The van der Waals surface area contributed by atoms with Crippen LogP contribution in [0.5, 0.6) is 5.75 Å². The van der Waals surface area contributed by atoms with Crippen molar-refractivity contribution in [3.05, 3.63) is 41.5 Å². The topological polar surface area (TPSA) is 52.0 Å². The average molecular weight is 258 g/mol. The first-order chi connectivity index (χ1) is 9.29. The minimum absolute atomic E-state index is 0.452. The predicted octanol–water partition coefficient (Wildman–Crippen LogP) is 1.60. The summed E-state index contributed by atoms with van der Waals surface area (Å²) in [6.07, 6.45) is 3.75. The molecule has 1 aromatic heterocycles. The SMILES string of the molecule is CNC1CCc2c(OCc3ncnn3C)cccc21. The second-order valence-electron chi connectivity index (χ2n) is 4.79. The van der Waals surface area contributed by atoms with E-state index in [9.17, 15) is 0 Å². The van der Waals surface area contributed by atoms with E-state index in [-0.39, 0.29) is 0 Å². The third kappa shape index (κ3) is 2.21. The van der Waals surface area contributed by atoms with E-state index in [1.807, 2.05) is 20.2 Å². The van der Waals surface area contributed by atoms with Gasteiger partial charge in [0.2, 0.25) is 0 Å². The van der Waals surface area contributed by atoms with E-state index in [0.717, 1.165) is 24.4 Å². The minimum Gasteiger partial charge on any atom is -0.485 e. The maximum absolute atomic E-state index is 5.92. The largest absolute Gasteiger partial charge is 0.485 e. The summed E-state index contributed by atoms with van der Waals surface area (Å²) in [6, 6.07) is 6.72. The van der Waals surface area contributed by atoms with E-state index in [2.05, 4.69) is 27.5 Å². The van der Waals surface area contributed by atoms with Gasteiger partial charge in [-0.05, 0) is 37.1 Å². The van der Waals surface area contributed by atoms with Gasteiger partial charge in [0.25, 0.3) is 0 Å². The van der Waals surface area contributed by atoms with Crippen LogP contribution >= 0.6 is 0 Å². The van der Waals surface area contributed by atoms with Gasteiger partial charge in [0, 0.05) is 13.1 Å². The lowest BCUT2D eigenvalue weighted by molar-refractivity contribution is 0.287.